The number of carboxylic acid groups (broad SMARTS) is 1. The van der Waals surface area contributed by atoms with E-state index >= 15 is 0 Å². The number of ether oxygens (including phenoxy) is 4. The summed E-state index contributed by atoms with van der Waals surface area (Å²) in [5, 5.41) is 20.3. The van der Waals surface area contributed by atoms with Crippen LogP contribution in [-0.4, -0.2) is 43.4 Å². The molecule has 0 atom stereocenters. The Morgan fingerprint density at radius 1 is 0.941 bits per heavy atom. The van der Waals surface area contributed by atoms with Crippen LogP contribution in [0.15, 0.2) is 60.9 Å². The summed E-state index contributed by atoms with van der Waals surface area (Å²) in [4.78, 5) is 21.3. The quantitative estimate of drug-likeness (QED) is 0.125. The second-order valence-electron chi connectivity index (χ2n) is 11.6. The largest absolute Gasteiger partial charge is 1.00 e. The van der Waals surface area contributed by atoms with Crippen LogP contribution >= 0.6 is 0 Å². The Morgan fingerprint density at radius 2 is 1.63 bits per heavy atom. The minimum Gasteiger partial charge on any atom is -0.550 e. The molecule has 0 fully saturated rings. The zero-order valence-electron chi connectivity index (χ0n) is 29.5. The predicted octanol–water partition coefficient (Wildman–Crippen LogP) is 3.69. The normalized spacial score (nSPS) is 11.0. The summed E-state index contributed by atoms with van der Waals surface area (Å²) in [5.74, 6) is 0.962. The Hall–Kier alpha value is -4.51. The second-order valence-corrected chi connectivity index (χ2v) is 11.6. The fourth-order valence-corrected chi connectivity index (χ4v) is 5.29. The number of nitriles is 1. The van der Waals surface area contributed by atoms with Crippen molar-refractivity contribution in [3.63, 3.8) is 0 Å². The number of carbonyl (C=O) groups excluding carboxylic acids is 1. The van der Waals surface area contributed by atoms with Gasteiger partial charge in [0.25, 0.3) is 0 Å². The van der Waals surface area contributed by atoms with Gasteiger partial charge in [0, 0.05) is 24.6 Å². The molecular weight excluding hydrogens is 676 g/mol. The van der Waals surface area contributed by atoms with Crippen molar-refractivity contribution in [2.45, 2.75) is 58.8 Å². The van der Waals surface area contributed by atoms with Crippen molar-refractivity contribution in [1.29, 1.82) is 5.26 Å². The third kappa shape index (κ3) is 11.0. The van der Waals surface area contributed by atoms with Crippen molar-refractivity contribution < 1.29 is 71.6 Å². The molecule has 10 nitrogen and oxygen atoms in total. The molecule has 0 unspecified atom stereocenters. The summed E-state index contributed by atoms with van der Waals surface area (Å²) in [6.07, 6.45) is -1.83. The maximum Gasteiger partial charge on any atom is 1.00 e. The third-order valence-corrected chi connectivity index (χ3v) is 7.74. The van der Waals surface area contributed by atoms with Gasteiger partial charge in [-0.25, -0.2) is 9.97 Å². The van der Waals surface area contributed by atoms with Crippen LogP contribution in [-0.2, 0) is 24.1 Å². The third-order valence-electron chi connectivity index (χ3n) is 7.74. The van der Waals surface area contributed by atoms with Gasteiger partial charge in [0.15, 0.2) is 17.2 Å². The molecule has 4 aromatic rings. The van der Waals surface area contributed by atoms with E-state index in [2.05, 4.69) is 23.8 Å². The SMILES string of the molecule is CCOc1ccc(C(C)C)cc1-c1cc(OC)c(OC)cc1CN(Cc1cc(C#N)cc(C(F)(F)F)c1)c1ncc(OCCCC(=O)[O-])cn1.[Na+]. The van der Waals surface area contributed by atoms with Crippen LogP contribution in [0.3, 0.4) is 0 Å². The van der Waals surface area contributed by atoms with E-state index in [0.717, 1.165) is 28.8 Å². The average Bonchev–Trinajstić information content (AvgIpc) is 3.09. The molecule has 0 saturated carbocycles. The number of rotatable bonds is 16. The van der Waals surface area contributed by atoms with Crippen LogP contribution in [0, 0.1) is 11.3 Å². The first-order chi connectivity index (χ1) is 23.9. The molecule has 0 aliphatic rings. The van der Waals surface area contributed by atoms with E-state index in [-0.39, 0.29) is 90.8 Å². The standard InChI is InChI=1S/C37H39F3N4O6.Na/c1-6-49-32-10-9-26(23(2)3)15-31(32)30-17-34(48-5)33(47-4)16-27(30)22-44(21-25-12-24(18-41)13-28(14-25)37(38,39)40)36-42-19-29(20-43-36)50-11-7-8-35(45)46;/h9-10,12-17,19-20,23H,6-8,11,21-22H2,1-5H3,(H,45,46);/q;+1/p-1. The average molecular weight is 715 g/mol. The van der Waals surface area contributed by atoms with Crippen molar-refractivity contribution in [3.8, 4) is 40.2 Å². The van der Waals surface area contributed by atoms with Crippen LogP contribution in [0.25, 0.3) is 11.1 Å². The van der Waals surface area contributed by atoms with Crippen LogP contribution in [0.1, 0.15) is 67.3 Å². The summed E-state index contributed by atoms with van der Waals surface area (Å²) in [6.45, 7) is 6.52. The molecule has 14 heteroatoms. The van der Waals surface area contributed by atoms with Gasteiger partial charge in [0.2, 0.25) is 5.95 Å². The van der Waals surface area contributed by atoms with Gasteiger partial charge >= 0.3 is 35.7 Å². The summed E-state index contributed by atoms with van der Waals surface area (Å²) in [6, 6.07) is 14.6. The van der Waals surface area contributed by atoms with Crippen molar-refractivity contribution in [1.82, 2.24) is 9.97 Å². The van der Waals surface area contributed by atoms with Gasteiger partial charge in [-0.15, -0.1) is 0 Å². The Labute approximate surface area is 317 Å². The zero-order valence-corrected chi connectivity index (χ0v) is 31.5. The number of aliphatic carboxylic acids is 1. The van der Waals surface area contributed by atoms with Gasteiger partial charge in [-0.3, -0.25) is 0 Å². The molecule has 1 heterocycles. The minimum absolute atomic E-state index is 0. The summed E-state index contributed by atoms with van der Waals surface area (Å²) in [5.41, 5.74) is 2.38. The molecule has 0 N–H and O–H groups in total. The van der Waals surface area contributed by atoms with Crippen molar-refractivity contribution in [2.24, 2.45) is 0 Å². The van der Waals surface area contributed by atoms with E-state index in [9.17, 15) is 28.3 Å². The molecule has 0 aliphatic heterocycles. The molecule has 3 aromatic carbocycles. The van der Waals surface area contributed by atoms with E-state index in [1.54, 1.807) is 11.0 Å². The van der Waals surface area contributed by atoms with Crippen LogP contribution in [0.4, 0.5) is 19.1 Å². The topological polar surface area (TPSA) is 130 Å². The number of benzene rings is 3. The van der Waals surface area contributed by atoms with Crippen molar-refractivity contribution in [3.05, 3.63) is 88.7 Å². The number of carboxylic acids is 1. The van der Waals surface area contributed by atoms with Gasteiger partial charge in [0.05, 0.1) is 57.0 Å². The Kier molecular flexibility index (Phi) is 15.0. The van der Waals surface area contributed by atoms with Gasteiger partial charge < -0.3 is 33.7 Å². The smallest absolute Gasteiger partial charge is 0.550 e. The number of halogens is 3. The number of hydrogen-bond acceptors (Lipinski definition) is 10. The zero-order chi connectivity index (χ0) is 36.4. The van der Waals surface area contributed by atoms with Crippen LogP contribution in [0.2, 0.25) is 0 Å². The summed E-state index contributed by atoms with van der Waals surface area (Å²) in [7, 11) is 3.03. The number of alkyl halides is 3. The fraction of sp³-hybridized carbons (Fsp3) is 0.351. The van der Waals surface area contributed by atoms with Gasteiger partial charge in [0.1, 0.15) is 5.75 Å². The molecule has 0 amide bonds. The van der Waals surface area contributed by atoms with Gasteiger partial charge in [-0.1, -0.05) is 19.9 Å². The first-order valence-electron chi connectivity index (χ1n) is 15.9. The number of methoxy groups -OCH3 is 2. The second kappa shape index (κ2) is 18.6. The maximum absolute atomic E-state index is 13.9. The molecule has 0 bridgehead atoms. The molecule has 264 valence electrons. The predicted molar refractivity (Wildman–Crippen MR) is 178 cm³/mol. The Balaban J connectivity index is 0.00000702. The van der Waals surface area contributed by atoms with Crippen LogP contribution < -0.4 is 58.5 Å². The Bertz CT molecular complexity index is 1830. The molecule has 4 rings (SSSR count). The first kappa shape index (κ1) is 40.9. The van der Waals surface area contributed by atoms with E-state index in [4.69, 9.17) is 18.9 Å². The number of anilines is 1. The summed E-state index contributed by atoms with van der Waals surface area (Å²) >= 11 is 0. The molecule has 51 heavy (non-hydrogen) atoms. The van der Waals surface area contributed by atoms with Crippen LogP contribution in [0.5, 0.6) is 23.0 Å². The molecule has 0 spiro atoms. The van der Waals surface area contributed by atoms with Crippen molar-refractivity contribution >= 4 is 11.9 Å². The number of carbonyl (C=O) groups is 1. The number of hydrogen-bond donors (Lipinski definition) is 0. The molecule has 1 aromatic heterocycles. The molecular formula is C37H38F3N4NaO6. The maximum atomic E-state index is 13.9. The Morgan fingerprint density at radius 3 is 2.22 bits per heavy atom. The van der Waals surface area contributed by atoms with Gasteiger partial charge in [-0.05, 0) is 90.4 Å². The molecule has 0 radical (unpaired) electrons. The fourth-order valence-electron chi connectivity index (χ4n) is 5.29. The minimum atomic E-state index is -4.67. The van der Waals surface area contributed by atoms with E-state index in [1.807, 2.05) is 37.3 Å². The van der Waals surface area contributed by atoms with E-state index < -0.39 is 17.7 Å². The first-order valence-corrected chi connectivity index (χ1v) is 15.9. The van der Waals surface area contributed by atoms with Gasteiger partial charge in [-0.2, -0.15) is 18.4 Å². The van der Waals surface area contributed by atoms with E-state index in [0.29, 0.717) is 29.4 Å². The number of aromatic nitrogens is 2. The number of nitrogens with zero attached hydrogens (tertiary/aromatic N) is 4. The molecule has 0 aliphatic carbocycles. The van der Waals surface area contributed by atoms with Crippen molar-refractivity contribution in [2.75, 3.05) is 32.3 Å². The molecule has 0 saturated heterocycles. The monoisotopic (exact) mass is 714 g/mol. The van der Waals surface area contributed by atoms with E-state index in [1.165, 1.54) is 32.7 Å². The summed E-state index contributed by atoms with van der Waals surface area (Å²) < 4.78 is 64.5.